The molecule has 0 aliphatic rings. The van der Waals surface area contributed by atoms with Crippen molar-refractivity contribution in [3.8, 4) is 0 Å². The Kier molecular flexibility index (Phi) is 7.14. The number of benzene rings is 1. The zero-order chi connectivity index (χ0) is 15.0. The van der Waals surface area contributed by atoms with Gasteiger partial charge in [0.05, 0.1) is 19.8 Å². The predicted molar refractivity (Wildman–Crippen MR) is 73.9 cm³/mol. The fraction of sp³-hybridized carbons (Fsp3) is 0.500. The number of halogens is 1. The second-order valence-electron chi connectivity index (χ2n) is 4.46. The van der Waals surface area contributed by atoms with Gasteiger partial charge in [-0.3, -0.25) is 4.79 Å². The molecule has 0 saturated carbocycles. The summed E-state index contributed by atoms with van der Waals surface area (Å²) in [6, 6.07) is 4.05. The SMILES string of the molecule is COCCOCc1cc(C(=O)N[C@@H](C)CN)ccc1F. The first-order valence-electron chi connectivity index (χ1n) is 6.44. The summed E-state index contributed by atoms with van der Waals surface area (Å²) < 4.78 is 23.7. The Morgan fingerprint density at radius 1 is 1.45 bits per heavy atom. The smallest absolute Gasteiger partial charge is 0.251 e. The fourth-order valence-electron chi connectivity index (χ4n) is 1.52. The molecule has 1 aromatic carbocycles. The minimum absolute atomic E-state index is 0.1000. The van der Waals surface area contributed by atoms with Gasteiger partial charge >= 0.3 is 0 Å². The van der Waals surface area contributed by atoms with Crippen LogP contribution in [0.1, 0.15) is 22.8 Å². The summed E-state index contributed by atoms with van der Waals surface area (Å²) in [6.45, 7) is 3.06. The van der Waals surface area contributed by atoms with E-state index in [4.69, 9.17) is 15.2 Å². The lowest BCUT2D eigenvalue weighted by atomic mass is 10.1. The lowest BCUT2D eigenvalue weighted by Crippen LogP contribution is -2.37. The molecule has 0 saturated heterocycles. The van der Waals surface area contributed by atoms with Gasteiger partial charge in [-0.2, -0.15) is 0 Å². The first kappa shape index (κ1) is 16.6. The summed E-state index contributed by atoms with van der Waals surface area (Å²) in [4.78, 5) is 11.9. The molecule has 0 heterocycles. The van der Waals surface area contributed by atoms with Crippen LogP contribution in [0.25, 0.3) is 0 Å². The molecular weight excluding hydrogens is 263 g/mol. The van der Waals surface area contributed by atoms with E-state index >= 15 is 0 Å². The maximum absolute atomic E-state index is 13.6. The van der Waals surface area contributed by atoms with E-state index in [1.807, 2.05) is 0 Å². The van der Waals surface area contributed by atoms with Gasteiger partial charge in [0.2, 0.25) is 0 Å². The summed E-state index contributed by atoms with van der Waals surface area (Å²) in [5, 5.41) is 2.72. The van der Waals surface area contributed by atoms with Crippen molar-refractivity contribution in [3.63, 3.8) is 0 Å². The van der Waals surface area contributed by atoms with Gasteiger partial charge in [0.25, 0.3) is 5.91 Å². The Balaban J connectivity index is 2.67. The first-order chi connectivity index (χ1) is 9.58. The quantitative estimate of drug-likeness (QED) is 0.700. The van der Waals surface area contributed by atoms with E-state index in [1.54, 1.807) is 14.0 Å². The summed E-state index contributed by atoms with van der Waals surface area (Å²) in [5.74, 6) is -0.674. The molecule has 112 valence electrons. The van der Waals surface area contributed by atoms with Gasteiger partial charge in [-0.1, -0.05) is 0 Å². The van der Waals surface area contributed by atoms with Crippen LogP contribution in [0.4, 0.5) is 4.39 Å². The average Bonchev–Trinajstić information content (AvgIpc) is 2.45. The van der Waals surface area contributed by atoms with Gasteiger partial charge < -0.3 is 20.5 Å². The maximum atomic E-state index is 13.6. The normalized spacial score (nSPS) is 12.2. The molecule has 1 amide bonds. The molecule has 0 radical (unpaired) electrons. The van der Waals surface area contributed by atoms with E-state index in [0.29, 0.717) is 30.9 Å². The molecule has 3 N–H and O–H groups in total. The highest BCUT2D eigenvalue weighted by Crippen LogP contribution is 2.12. The van der Waals surface area contributed by atoms with Gasteiger partial charge in [-0.05, 0) is 25.1 Å². The number of hydrogen-bond acceptors (Lipinski definition) is 4. The number of carbonyl (C=O) groups is 1. The third-order valence-electron chi connectivity index (χ3n) is 2.73. The largest absolute Gasteiger partial charge is 0.382 e. The Bertz CT molecular complexity index is 440. The highest BCUT2D eigenvalue weighted by Gasteiger charge is 2.11. The van der Waals surface area contributed by atoms with Crippen LogP contribution in [0.2, 0.25) is 0 Å². The zero-order valence-corrected chi connectivity index (χ0v) is 11.8. The number of nitrogens with two attached hydrogens (primary N) is 1. The van der Waals surface area contributed by atoms with Crippen molar-refractivity contribution >= 4 is 5.91 Å². The second-order valence-corrected chi connectivity index (χ2v) is 4.46. The van der Waals surface area contributed by atoms with Crippen molar-refractivity contribution in [3.05, 3.63) is 35.1 Å². The van der Waals surface area contributed by atoms with Crippen molar-refractivity contribution in [2.75, 3.05) is 26.9 Å². The number of rotatable bonds is 8. The molecular formula is C14H21FN2O3. The highest BCUT2D eigenvalue weighted by molar-refractivity contribution is 5.94. The minimum Gasteiger partial charge on any atom is -0.382 e. The van der Waals surface area contributed by atoms with E-state index < -0.39 is 5.82 Å². The molecule has 1 rings (SSSR count). The van der Waals surface area contributed by atoms with Gasteiger partial charge in [-0.15, -0.1) is 0 Å². The molecule has 0 aliphatic carbocycles. The van der Waals surface area contributed by atoms with Crippen LogP contribution in [0, 0.1) is 5.82 Å². The van der Waals surface area contributed by atoms with Gasteiger partial charge in [0, 0.05) is 30.8 Å². The van der Waals surface area contributed by atoms with Crippen molar-refractivity contribution in [2.45, 2.75) is 19.6 Å². The molecule has 0 aromatic heterocycles. The van der Waals surface area contributed by atoms with Crippen LogP contribution >= 0.6 is 0 Å². The van der Waals surface area contributed by atoms with Gasteiger partial charge in [-0.25, -0.2) is 4.39 Å². The number of methoxy groups -OCH3 is 1. The van der Waals surface area contributed by atoms with Crippen LogP contribution in [-0.4, -0.2) is 38.8 Å². The number of amides is 1. The molecule has 5 nitrogen and oxygen atoms in total. The van der Waals surface area contributed by atoms with Crippen LogP contribution in [0.5, 0.6) is 0 Å². The second kappa shape index (κ2) is 8.63. The van der Waals surface area contributed by atoms with Crippen LogP contribution in [0.3, 0.4) is 0 Å². The van der Waals surface area contributed by atoms with Crippen LogP contribution in [0.15, 0.2) is 18.2 Å². The molecule has 0 fully saturated rings. The van der Waals surface area contributed by atoms with E-state index in [-0.39, 0.29) is 18.6 Å². The van der Waals surface area contributed by atoms with Crippen molar-refractivity contribution in [2.24, 2.45) is 5.73 Å². The third kappa shape index (κ3) is 5.24. The number of ether oxygens (including phenoxy) is 2. The zero-order valence-electron chi connectivity index (χ0n) is 11.8. The molecule has 6 heteroatoms. The Labute approximate surface area is 118 Å². The van der Waals surface area contributed by atoms with Crippen molar-refractivity contribution in [1.82, 2.24) is 5.32 Å². The van der Waals surface area contributed by atoms with E-state index in [9.17, 15) is 9.18 Å². The summed E-state index contributed by atoms with van der Waals surface area (Å²) in [6.07, 6.45) is 0. The minimum atomic E-state index is -0.397. The van der Waals surface area contributed by atoms with E-state index in [2.05, 4.69) is 5.32 Å². The number of hydrogen-bond donors (Lipinski definition) is 2. The lowest BCUT2D eigenvalue weighted by molar-refractivity contribution is 0.0604. The maximum Gasteiger partial charge on any atom is 0.251 e. The van der Waals surface area contributed by atoms with E-state index in [0.717, 1.165) is 0 Å². The van der Waals surface area contributed by atoms with Crippen LogP contribution < -0.4 is 11.1 Å². The molecule has 0 unspecified atom stereocenters. The topological polar surface area (TPSA) is 73.6 Å². The highest BCUT2D eigenvalue weighted by atomic mass is 19.1. The predicted octanol–water partition coefficient (Wildman–Crippen LogP) is 1.07. The first-order valence-corrected chi connectivity index (χ1v) is 6.44. The Morgan fingerprint density at radius 3 is 2.85 bits per heavy atom. The summed E-state index contributed by atoms with van der Waals surface area (Å²) >= 11 is 0. The number of carbonyl (C=O) groups excluding carboxylic acids is 1. The summed E-state index contributed by atoms with van der Waals surface area (Å²) in [5.41, 5.74) is 6.17. The molecule has 0 spiro atoms. The van der Waals surface area contributed by atoms with Crippen LogP contribution in [-0.2, 0) is 16.1 Å². The molecule has 1 atom stereocenters. The Hall–Kier alpha value is -1.50. The molecule has 1 aromatic rings. The molecule has 0 aliphatic heterocycles. The lowest BCUT2D eigenvalue weighted by Gasteiger charge is -2.12. The van der Waals surface area contributed by atoms with E-state index in [1.165, 1.54) is 18.2 Å². The fourth-order valence-corrected chi connectivity index (χ4v) is 1.52. The van der Waals surface area contributed by atoms with Gasteiger partial charge in [0.15, 0.2) is 0 Å². The summed E-state index contributed by atoms with van der Waals surface area (Å²) in [7, 11) is 1.56. The average molecular weight is 284 g/mol. The standard InChI is InChI=1S/C14H21FN2O3/c1-10(8-16)17-14(18)11-3-4-13(15)12(7-11)9-20-6-5-19-2/h3-4,7,10H,5-6,8-9,16H2,1-2H3,(H,17,18)/t10-/m0/s1. The van der Waals surface area contributed by atoms with Crippen molar-refractivity contribution in [1.29, 1.82) is 0 Å². The third-order valence-corrected chi connectivity index (χ3v) is 2.73. The Morgan fingerprint density at radius 2 is 2.20 bits per heavy atom. The molecule has 0 bridgehead atoms. The van der Waals surface area contributed by atoms with Gasteiger partial charge in [0.1, 0.15) is 5.82 Å². The monoisotopic (exact) mass is 284 g/mol. The van der Waals surface area contributed by atoms with Crippen molar-refractivity contribution < 1.29 is 18.7 Å². The number of nitrogens with one attached hydrogen (secondary N) is 1. The molecule has 20 heavy (non-hydrogen) atoms.